The lowest BCUT2D eigenvalue weighted by Crippen LogP contribution is -2.05. The summed E-state index contributed by atoms with van der Waals surface area (Å²) in [5, 5.41) is 3.45. The van der Waals surface area contributed by atoms with E-state index in [1.807, 2.05) is 12.1 Å². The molecule has 3 N–H and O–H groups in total. The summed E-state index contributed by atoms with van der Waals surface area (Å²) in [7, 11) is 0. The predicted octanol–water partition coefficient (Wildman–Crippen LogP) is 3.88. The summed E-state index contributed by atoms with van der Waals surface area (Å²) in [6.45, 7) is 3.08. The molecule has 0 fully saturated rings. The van der Waals surface area contributed by atoms with Crippen molar-refractivity contribution in [1.29, 1.82) is 0 Å². The molecular formula is C15H22N2. The van der Waals surface area contributed by atoms with Crippen molar-refractivity contribution in [3.05, 3.63) is 35.4 Å². The van der Waals surface area contributed by atoms with E-state index in [-0.39, 0.29) is 0 Å². The first-order chi connectivity index (χ1) is 8.24. The number of rotatable bonds is 4. The maximum Gasteiger partial charge on any atom is 0.0363 e. The normalized spacial score (nSPS) is 15.5. The van der Waals surface area contributed by atoms with E-state index in [0.717, 1.165) is 24.3 Å². The lowest BCUT2D eigenvalue weighted by molar-refractivity contribution is 0.679. The van der Waals surface area contributed by atoms with Crippen LogP contribution < -0.4 is 11.1 Å². The van der Waals surface area contributed by atoms with Gasteiger partial charge in [0.05, 0.1) is 0 Å². The second kappa shape index (κ2) is 5.76. The molecule has 0 heterocycles. The molecule has 17 heavy (non-hydrogen) atoms. The van der Waals surface area contributed by atoms with Gasteiger partial charge in [0, 0.05) is 17.9 Å². The minimum absolute atomic E-state index is 0.837. The summed E-state index contributed by atoms with van der Waals surface area (Å²) >= 11 is 0. The molecule has 1 aromatic rings. The van der Waals surface area contributed by atoms with Crippen molar-refractivity contribution in [3.63, 3.8) is 0 Å². The molecular weight excluding hydrogens is 208 g/mol. The molecule has 2 heteroatoms. The van der Waals surface area contributed by atoms with Crippen molar-refractivity contribution < 1.29 is 0 Å². The van der Waals surface area contributed by atoms with E-state index >= 15 is 0 Å². The largest absolute Gasteiger partial charge is 0.399 e. The molecule has 0 saturated carbocycles. The fourth-order valence-corrected chi connectivity index (χ4v) is 2.41. The van der Waals surface area contributed by atoms with Crippen molar-refractivity contribution in [1.82, 2.24) is 0 Å². The van der Waals surface area contributed by atoms with Crippen molar-refractivity contribution in [2.75, 3.05) is 17.6 Å². The summed E-state index contributed by atoms with van der Waals surface area (Å²) in [5.41, 5.74) is 10.6. The van der Waals surface area contributed by atoms with E-state index in [1.165, 1.54) is 31.2 Å². The molecule has 1 aliphatic carbocycles. The van der Waals surface area contributed by atoms with Crippen molar-refractivity contribution in [3.8, 4) is 0 Å². The molecule has 0 radical (unpaired) electrons. The Labute approximate surface area is 104 Å². The Balaban J connectivity index is 1.83. The number of hydrogen-bond acceptors (Lipinski definition) is 2. The maximum absolute atomic E-state index is 5.82. The Kier molecular flexibility index (Phi) is 4.08. The third kappa shape index (κ3) is 3.81. The van der Waals surface area contributed by atoms with Gasteiger partial charge in [-0.05, 0) is 62.8 Å². The van der Waals surface area contributed by atoms with Crippen LogP contribution in [0.1, 0.15) is 37.7 Å². The minimum atomic E-state index is 0.837. The van der Waals surface area contributed by atoms with Gasteiger partial charge in [-0.25, -0.2) is 0 Å². The molecule has 0 saturated heterocycles. The molecule has 0 amide bonds. The average molecular weight is 230 g/mol. The Morgan fingerprint density at radius 3 is 2.82 bits per heavy atom. The second-order valence-electron chi connectivity index (χ2n) is 4.92. The van der Waals surface area contributed by atoms with E-state index in [4.69, 9.17) is 5.73 Å². The highest BCUT2D eigenvalue weighted by molar-refractivity contribution is 5.56. The van der Waals surface area contributed by atoms with Gasteiger partial charge in [0.2, 0.25) is 0 Å². The molecule has 0 aromatic heterocycles. The highest BCUT2D eigenvalue weighted by Crippen LogP contribution is 2.21. The van der Waals surface area contributed by atoms with Gasteiger partial charge < -0.3 is 11.1 Å². The summed E-state index contributed by atoms with van der Waals surface area (Å²) in [6.07, 6.45) is 8.86. The fourth-order valence-electron chi connectivity index (χ4n) is 2.41. The van der Waals surface area contributed by atoms with Gasteiger partial charge >= 0.3 is 0 Å². The number of hydrogen-bond donors (Lipinski definition) is 2. The molecule has 1 aromatic carbocycles. The average Bonchev–Trinajstić information content (AvgIpc) is 2.29. The highest BCUT2D eigenvalue weighted by Gasteiger charge is 2.03. The zero-order valence-electron chi connectivity index (χ0n) is 10.6. The zero-order chi connectivity index (χ0) is 12.1. The highest BCUT2D eigenvalue weighted by atomic mass is 14.9. The zero-order valence-corrected chi connectivity index (χ0v) is 10.6. The number of benzene rings is 1. The number of allylic oxidation sites excluding steroid dienone is 1. The Bertz CT molecular complexity index is 387. The summed E-state index contributed by atoms with van der Waals surface area (Å²) in [4.78, 5) is 0. The first-order valence-corrected chi connectivity index (χ1v) is 6.53. The Morgan fingerprint density at radius 2 is 2.12 bits per heavy atom. The standard InChI is InChI=1S/C15H22N2/c1-12-9-14(16)11-15(10-12)17-8-7-13-5-3-2-4-6-13/h5,9-11,17H,2-4,6-8,16H2,1H3. The van der Waals surface area contributed by atoms with Crippen LogP contribution in [0.15, 0.2) is 29.8 Å². The van der Waals surface area contributed by atoms with Gasteiger partial charge in [-0.1, -0.05) is 11.6 Å². The van der Waals surface area contributed by atoms with E-state index in [1.54, 1.807) is 5.57 Å². The first-order valence-electron chi connectivity index (χ1n) is 6.53. The van der Waals surface area contributed by atoms with E-state index in [9.17, 15) is 0 Å². The van der Waals surface area contributed by atoms with Gasteiger partial charge in [-0.3, -0.25) is 0 Å². The molecule has 1 aliphatic rings. The maximum atomic E-state index is 5.82. The van der Waals surface area contributed by atoms with Gasteiger partial charge in [-0.2, -0.15) is 0 Å². The Hall–Kier alpha value is -1.44. The third-order valence-electron chi connectivity index (χ3n) is 3.26. The summed E-state index contributed by atoms with van der Waals surface area (Å²) in [5.74, 6) is 0. The molecule has 0 unspecified atom stereocenters. The Morgan fingerprint density at radius 1 is 1.24 bits per heavy atom. The third-order valence-corrected chi connectivity index (χ3v) is 3.26. The smallest absolute Gasteiger partial charge is 0.0363 e. The van der Waals surface area contributed by atoms with E-state index in [2.05, 4.69) is 24.4 Å². The first kappa shape index (κ1) is 12.0. The lowest BCUT2D eigenvalue weighted by Gasteiger charge is -2.14. The fraction of sp³-hybridized carbons (Fsp3) is 0.467. The number of nitrogens with one attached hydrogen (secondary N) is 1. The molecule has 0 aliphatic heterocycles. The molecule has 2 nitrogen and oxygen atoms in total. The quantitative estimate of drug-likeness (QED) is 0.608. The predicted molar refractivity (Wildman–Crippen MR) is 75.2 cm³/mol. The van der Waals surface area contributed by atoms with Crippen LogP contribution in [-0.4, -0.2) is 6.54 Å². The molecule has 0 bridgehead atoms. The van der Waals surface area contributed by atoms with Gasteiger partial charge in [0.25, 0.3) is 0 Å². The van der Waals surface area contributed by atoms with E-state index < -0.39 is 0 Å². The van der Waals surface area contributed by atoms with Crippen LogP contribution in [-0.2, 0) is 0 Å². The van der Waals surface area contributed by atoms with Crippen LogP contribution in [0.2, 0.25) is 0 Å². The molecule has 92 valence electrons. The topological polar surface area (TPSA) is 38.0 Å². The summed E-state index contributed by atoms with van der Waals surface area (Å²) in [6, 6.07) is 6.14. The van der Waals surface area contributed by atoms with Crippen LogP contribution in [0.25, 0.3) is 0 Å². The lowest BCUT2D eigenvalue weighted by atomic mass is 9.97. The van der Waals surface area contributed by atoms with Gasteiger partial charge in [-0.15, -0.1) is 0 Å². The van der Waals surface area contributed by atoms with Crippen LogP contribution in [0.5, 0.6) is 0 Å². The number of nitrogens with two attached hydrogens (primary N) is 1. The van der Waals surface area contributed by atoms with Gasteiger partial charge in [0.15, 0.2) is 0 Å². The minimum Gasteiger partial charge on any atom is -0.399 e. The van der Waals surface area contributed by atoms with Gasteiger partial charge in [0.1, 0.15) is 0 Å². The van der Waals surface area contributed by atoms with Crippen LogP contribution in [0, 0.1) is 6.92 Å². The van der Waals surface area contributed by atoms with Crippen molar-refractivity contribution in [2.45, 2.75) is 39.0 Å². The molecule has 0 atom stereocenters. The van der Waals surface area contributed by atoms with Crippen LogP contribution in [0.4, 0.5) is 11.4 Å². The van der Waals surface area contributed by atoms with Crippen LogP contribution >= 0.6 is 0 Å². The summed E-state index contributed by atoms with van der Waals surface area (Å²) < 4.78 is 0. The SMILES string of the molecule is Cc1cc(N)cc(NCCC2=CCCCC2)c1. The van der Waals surface area contributed by atoms with Crippen molar-refractivity contribution >= 4 is 11.4 Å². The van der Waals surface area contributed by atoms with E-state index in [0.29, 0.717) is 0 Å². The van der Waals surface area contributed by atoms with Crippen LogP contribution in [0.3, 0.4) is 0 Å². The second-order valence-corrected chi connectivity index (χ2v) is 4.92. The monoisotopic (exact) mass is 230 g/mol. The number of nitrogen functional groups attached to an aromatic ring is 1. The molecule has 0 spiro atoms. The van der Waals surface area contributed by atoms with Crippen molar-refractivity contribution in [2.24, 2.45) is 0 Å². The number of aryl methyl sites for hydroxylation is 1. The molecule has 2 rings (SSSR count). The number of anilines is 2.